The monoisotopic (exact) mass is 291 g/mol. The van der Waals surface area contributed by atoms with E-state index in [0.29, 0.717) is 5.69 Å². The van der Waals surface area contributed by atoms with E-state index in [1.165, 1.54) is 19.3 Å². The molecule has 2 heterocycles. The molecule has 0 bridgehead atoms. The van der Waals surface area contributed by atoms with Crippen molar-refractivity contribution < 1.29 is 19.1 Å². The number of hydrogen-bond donors (Lipinski definition) is 0. The van der Waals surface area contributed by atoms with Gasteiger partial charge in [-0.25, -0.2) is 9.78 Å². The maximum absolute atomic E-state index is 12.2. The summed E-state index contributed by atoms with van der Waals surface area (Å²) in [5, 5.41) is 0. The Morgan fingerprint density at radius 2 is 2.00 bits per heavy atom. The summed E-state index contributed by atoms with van der Waals surface area (Å²) in [5.41, 5.74) is -0.0915. The third-order valence-corrected chi connectivity index (χ3v) is 2.56. The van der Waals surface area contributed by atoms with Crippen LogP contribution in [0.3, 0.4) is 0 Å². The lowest BCUT2D eigenvalue weighted by molar-refractivity contribution is -0.142. The van der Waals surface area contributed by atoms with Crippen molar-refractivity contribution in [2.45, 2.75) is 20.5 Å². The summed E-state index contributed by atoms with van der Waals surface area (Å²) >= 11 is 0. The van der Waals surface area contributed by atoms with Crippen LogP contribution >= 0.6 is 0 Å². The van der Waals surface area contributed by atoms with Gasteiger partial charge in [0.15, 0.2) is 5.65 Å². The molecule has 0 aromatic carbocycles. The molecule has 110 valence electrons. The number of nitrogens with zero attached hydrogens (tertiary/aromatic N) is 3. The van der Waals surface area contributed by atoms with Gasteiger partial charge in [-0.2, -0.15) is 0 Å². The van der Waals surface area contributed by atoms with Crippen molar-refractivity contribution in [1.29, 1.82) is 0 Å². The molecule has 0 atom stereocenters. The smallest absolute Gasteiger partial charge is 0.345 e. The molecular formula is C13H13N3O5. The van der Waals surface area contributed by atoms with Crippen LogP contribution in [0.4, 0.5) is 0 Å². The second-order valence-corrected chi connectivity index (χ2v) is 4.08. The topological polar surface area (TPSA) is 99.9 Å². The molecular weight excluding hydrogens is 278 g/mol. The molecule has 8 heteroatoms. The molecule has 0 aliphatic heterocycles. The van der Waals surface area contributed by atoms with E-state index in [1.54, 1.807) is 6.92 Å². The Bertz CT molecular complexity index is 753. The summed E-state index contributed by atoms with van der Waals surface area (Å²) in [7, 11) is 0. The average Bonchev–Trinajstić information content (AvgIpc) is 2.46. The van der Waals surface area contributed by atoms with Gasteiger partial charge in [0.05, 0.1) is 18.5 Å². The molecule has 0 saturated carbocycles. The van der Waals surface area contributed by atoms with Crippen LogP contribution in [0.15, 0.2) is 23.4 Å². The molecule has 2 aromatic heterocycles. The van der Waals surface area contributed by atoms with Crippen molar-refractivity contribution in [3.63, 3.8) is 0 Å². The fourth-order valence-corrected chi connectivity index (χ4v) is 1.62. The van der Waals surface area contributed by atoms with Gasteiger partial charge in [0.25, 0.3) is 5.56 Å². The van der Waals surface area contributed by atoms with Crippen molar-refractivity contribution in [3.8, 4) is 0 Å². The summed E-state index contributed by atoms with van der Waals surface area (Å²) in [6.45, 7) is 3.01. The minimum atomic E-state index is -0.734. The van der Waals surface area contributed by atoms with Gasteiger partial charge in [-0.05, 0) is 6.92 Å². The Labute approximate surface area is 119 Å². The highest BCUT2D eigenvalue weighted by atomic mass is 16.5. The van der Waals surface area contributed by atoms with Crippen molar-refractivity contribution in [2.24, 2.45) is 0 Å². The molecule has 0 spiro atoms. The van der Waals surface area contributed by atoms with Crippen LogP contribution in [0.2, 0.25) is 0 Å². The molecule has 8 nitrogen and oxygen atoms in total. The first-order valence-electron chi connectivity index (χ1n) is 6.19. The molecule has 0 fully saturated rings. The van der Waals surface area contributed by atoms with Crippen molar-refractivity contribution in [1.82, 2.24) is 14.4 Å². The van der Waals surface area contributed by atoms with Crippen LogP contribution in [0.25, 0.3) is 5.65 Å². The van der Waals surface area contributed by atoms with Gasteiger partial charge in [0, 0.05) is 19.3 Å². The zero-order valence-electron chi connectivity index (χ0n) is 11.5. The van der Waals surface area contributed by atoms with Gasteiger partial charge in [-0.15, -0.1) is 0 Å². The summed E-state index contributed by atoms with van der Waals surface area (Å²) < 4.78 is 10.8. The normalized spacial score (nSPS) is 10.4. The van der Waals surface area contributed by atoms with Gasteiger partial charge in [-0.1, -0.05) is 0 Å². The minimum absolute atomic E-state index is 0.0681. The quantitative estimate of drug-likeness (QED) is 0.748. The molecule has 0 N–H and O–H groups in total. The third-order valence-electron chi connectivity index (χ3n) is 2.56. The number of ether oxygens (including phenoxy) is 2. The molecule has 0 unspecified atom stereocenters. The summed E-state index contributed by atoms with van der Waals surface area (Å²) in [6, 6.07) is 0. The fourth-order valence-electron chi connectivity index (χ4n) is 1.62. The Morgan fingerprint density at radius 3 is 2.67 bits per heavy atom. The van der Waals surface area contributed by atoms with Crippen LogP contribution in [-0.4, -0.2) is 32.9 Å². The molecule has 2 aromatic rings. The van der Waals surface area contributed by atoms with Crippen LogP contribution < -0.4 is 5.56 Å². The number of aromatic nitrogens is 3. The third kappa shape index (κ3) is 3.22. The largest absolute Gasteiger partial charge is 0.462 e. The molecule has 0 aliphatic rings. The number of carbonyl (C=O) groups excluding carboxylic acids is 2. The van der Waals surface area contributed by atoms with E-state index in [0.717, 1.165) is 10.6 Å². The Morgan fingerprint density at radius 1 is 1.24 bits per heavy atom. The molecule has 0 radical (unpaired) electrons. The van der Waals surface area contributed by atoms with Crippen LogP contribution in [0, 0.1) is 0 Å². The van der Waals surface area contributed by atoms with Crippen LogP contribution in [-0.2, 0) is 20.9 Å². The van der Waals surface area contributed by atoms with E-state index >= 15 is 0 Å². The summed E-state index contributed by atoms with van der Waals surface area (Å²) in [6.07, 6.45) is 3.88. The second-order valence-electron chi connectivity index (χ2n) is 4.08. The Kier molecular flexibility index (Phi) is 4.27. The van der Waals surface area contributed by atoms with Crippen molar-refractivity contribution >= 4 is 17.6 Å². The van der Waals surface area contributed by atoms with Gasteiger partial charge in [0.1, 0.15) is 12.2 Å². The number of carbonyl (C=O) groups is 2. The van der Waals surface area contributed by atoms with E-state index in [2.05, 4.69) is 9.97 Å². The number of hydrogen-bond acceptors (Lipinski definition) is 7. The lowest BCUT2D eigenvalue weighted by Crippen LogP contribution is -2.24. The predicted octanol–water partition coefficient (Wildman–Crippen LogP) is 0.329. The van der Waals surface area contributed by atoms with E-state index in [1.807, 2.05) is 0 Å². The predicted molar refractivity (Wildman–Crippen MR) is 70.7 cm³/mol. The maximum Gasteiger partial charge on any atom is 0.345 e. The zero-order valence-corrected chi connectivity index (χ0v) is 11.5. The minimum Gasteiger partial charge on any atom is -0.462 e. The first-order chi connectivity index (χ1) is 10.0. The van der Waals surface area contributed by atoms with E-state index in [4.69, 9.17) is 9.47 Å². The van der Waals surface area contributed by atoms with E-state index in [9.17, 15) is 14.4 Å². The molecule has 2 rings (SSSR count). The first kappa shape index (κ1) is 14.6. The molecule has 21 heavy (non-hydrogen) atoms. The lowest BCUT2D eigenvalue weighted by atomic mass is 10.3. The molecule has 0 saturated heterocycles. The SMILES string of the molecule is CCOC(=O)c1cnc2cnc(COC(C)=O)cn2c1=O. The van der Waals surface area contributed by atoms with Crippen LogP contribution in [0.5, 0.6) is 0 Å². The molecule has 0 amide bonds. The first-order valence-corrected chi connectivity index (χ1v) is 6.19. The highest BCUT2D eigenvalue weighted by molar-refractivity contribution is 5.88. The average molecular weight is 291 g/mol. The second kappa shape index (κ2) is 6.12. The molecule has 0 aliphatic carbocycles. The standard InChI is InChI=1S/C13H13N3O5/c1-3-20-13(19)10-4-15-11-5-14-9(7-21-8(2)17)6-16(11)12(10)18/h4-6H,3,7H2,1-2H3. The van der Waals surface area contributed by atoms with Crippen LogP contribution in [0.1, 0.15) is 29.9 Å². The van der Waals surface area contributed by atoms with Crippen molar-refractivity contribution in [2.75, 3.05) is 6.61 Å². The number of fused-ring (bicyclic) bond motifs is 1. The van der Waals surface area contributed by atoms with Gasteiger partial charge >= 0.3 is 11.9 Å². The fraction of sp³-hybridized carbons (Fsp3) is 0.308. The van der Waals surface area contributed by atoms with Crippen molar-refractivity contribution in [3.05, 3.63) is 40.2 Å². The highest BCUT2D eigenvalue weighted by Gasteiger charge is 2.14. The van der Waals surface area contributed by atoms with Gasteiger partial charge in [0.2, 0.25) is 0 Å². The number of rotatable bonds is 4. The lowest BCUT2D eigenvalue weighted by Gasteiger charge is -2.06. The number of esters is 2. The van der Waals surface area contributed by atoms with Gasteiger partial charge in [-0.3, -0.25) is 19.0 Å². The van der Waals surface area contributed by atoms with E-state index in [-0.39, 0.29) is 24.4 Å². The summed E-state index contributed by atoms with van der Waals surface area (Å²) in [5.74, 6) is -1.19. The summed E-state index contributed by atoms with van der Waals surface area (Å²) in [4.78, 5) is 42.6. The zero-order chi connectivity index (χ0) is 15.4. The maximum atomic E-state index is 12.2. The van der Waals surface area contributed by atoms with Gasteiger partial charge < -0.3 is 9.47 Å². The Balaban J connectivity index is 2.44. The highest BCUT2D eigenvalue weighted by Crippen LogP contribution is 2.02. The van der Waals surface area contributed by atoms with E-state index < -0.39 is 17.5 Å². The Hall–Kier alpha value is -2.77.